The van der Waals surface area contributed by atoms with Crippen molar-refractivity contribution < 1.29 is 8.42 Å². The van der Waals surface area contributed by atoms with Crippen LogP contribution >= 0.6 is 0 Å². The highest BCUT2D eigenvalue weighted by atomic mass is 32.2. The molecule has 1 aliphatic rings. The monoisotopic (exact) mass is 324 g/mol. The zero-order valence-electron chi connectivity index (χ0n) is 14.1. The van der Waals surface area contributed by atoms with Crippen LogP contribution in [-0.4, -0.2) is 39.0 Å². The summed E-state index contributed by atoms with van der Waals surface area (Å²) in [6.45, 7) is 10.4. The van der Waals surface area contributed by atoms with E-state index in [0.717, 1.165) is 29.8 Å². The van der Waals surface area contributed by atoms with Crippen LogP contribution in [-0.2, 0) is 10.0 Å². The first-order valence-corrected chi connectivity index (χ1v) is 9.61. The van der Waals surface area contributed by atoms with Gasteiger partial charge in [0, 0.05) is 12.6 Å². The first-order valence-electron chi connectivity index (χ1n) is 8.13. The molecule has 0 aliphatic carbocycles. The average Bonchev–Trinajstić information content (AvgIpc) is 2.44. The molecule has 1 N–H and O–H groups in total. The van der Waals surface area contributed by atoms with Crippen LogP contribution in [0.4, 0.5) is 0 Å². The van der Waals surface area contributed by atoms with Gasteiger partial charge in [0.1, 0.15) is 0 Å². The number of piperidine rings is 1. The molecule has 0 spiro atoms. The maximum absolute atomic E-state index is 12.6. The molecule has 2 rings (SSSR count). The van der Waals surface area contributed by atoms with E-state index in [4.69, 9.17) is 0 Å². The Kier molecular flexibility index (Phi) is 5.64. The molecule has 1 atom stereocenters. The lowest BCUT2D eigenvalue weighted by Crippen LogP contribution is -2.44. The first-order chi connectivity index (χ1) is 10.3. The van der Waals surface area contributed by atoms with Gasteiger partial charge in [0.25, 0.3) is 0 Å². The lowest BCUT2D eigenvalue weighted by atomic mass is 10.1. The van der Waals surface area contributed by atoms with Crippen LogP contribution in [0.15, 0.2) is 17.0 Å². The van der Waals surface area contributed by atoms with Crippen molar-refractivity contribution in [2.24, 2.45) is 0 Å². The van der Waals surface area contributed by atoms with Crippen LogP contribution in [0.1, 0.15) is 42.9 Å². The number of nitrogens with zero attached hydrogens (tertiary/aromatic N) is 1. The Morgan fingerprint density at radius 1 is 1.09 bits per heavy atom. The molecule has 0 saturated carbocycles. The summed E-state index contributed by atoms with van der Waals surface area (Å²) in [6, 6.07) is 4.09. The third kappa shape index (κ3) is 4.09. The molecular weight excluding hydrogens is 296 g/mol. The largest absolute Gasteiger partial charge is 0.299 e. The number of benzene rings is 1. The van der Waals surface area contributed by atoms with Gasteiger partial charge in [-0.25, -0.2) is 13.1 Å². The lowest BCUT2D eigenvalue weighted by molar-refractivity contribution is 0.175. The zero-order valence-corrected chi connectivity index (χ0v) is 15.0. The van der Waals surface area contributed by atoms with E-state index in [1.54, 1.807) is 0 Å². The number of nitrogens with one attached hydrogen (secondary N) is 1. The summed E-state index contributed by atoms with van der Waals surface area (Å²) in [7, 11) is -3.45. The molecule has 5 heteroatoms. The van der Waals surface area contributed by atoms with Gasteiger partial charge in [0.05, 0.1) is 4.90 Å². The summed E-state index contributed by atoms with van der Waals surface area (Å²) in [6.07, 6.45) is 3.72. The second-order valence-electron chi connectivity index (χ2n) is 6.53. The summed E-state index contributed by atoms with van der Waals surface area (Å²) >= 11 is 0. The number of sulfonamides is 1. The number of rotatable bonds is 5. The molecule has 1 aromatic carbocycles. The second kappa shape index (κ2) is 7.11. The van der Waals surface area contributed by atoms with E-state index in [9.17, 15) is 8.42 Å². The molecule has 1 saturated heterocycles. The molecule has 4 nitrogen and oxygen atoms in total. The Labute approximate surface area is 135 Å². The summed E-state index contributed by atoms with van der Waals surface area (Å²) in [5.41, 5.74) is 2.72. The number of hydrogen-bond donors (Lipinski definition) is 1. The van der Waals surface area contributed by atoms with E-state index in [0.29, 0.717) is 11.4 Å². The number of likely N-dealkylation sites (tertiary alicyclic amines) is 1. The highest BCUT2D eigenvalue weighted by Gasteiger charge is 2.22. The third-order valence-electron chi connectivity index (χ3n) is 4.46. The topological polar surface area (TPSA) is 49.4 Å². The van der Waals surface area contributed by atoms with Crippen molar-refractivity contribution in [3.05, 3.63) is 28.8 Å². The molecule has 0 bridgehead atoms. The fourth-order valence-corrected chi connectivity index (χ4v) is 4.95. The molecule has 1 aromatic rings. The van der Waals surface area contributed by atoms with Crippen LogP contribution in [0, 0.1) is 20.8 Å². The lowest BCUT2D eigenvalue weighted by Gasteiger charge is -2.32. The molecule has 22 heavy (non-hydrogen) atoms. The van der Waals surface area contributed by atoms with E-state index in [2.05, 4.69) is 16.5 Å². The molecule has 1 heterocycles. The Morgan fingerprint density at radius 2 is 1.64 bits per heavy atom. The predicted molar refractivity (Wildman–Crippen MR) is 90.7 cm³/mol. The Bertz CT molecular complexity index is 597. The van der Waals surface area contributed by atoms with Gasteiger partial charge in [-0.2, -0.15) is 0 Å². The molecular formula is C17H28N2O2S. The first kappa shape index (κ1) is 17.4. The van der Waals surface area contributed by atoms with Crippen molar-refractivity contribution in [1.82, 2.24) is 9.62 Å². The fraction of sp³-hybridized carbons (Fsp3) is 0.647. The van der Waals surface area contributed by atoms with Gasteiger partial charge in [-0.1, -0.05) is 24.1 Å². The minimum absolute atomic E-state index is 0.237. The van der Waals surface area contributed by atoms with E-state index >= 15 is 0 Å². The summed E-state index contributed by atoms with van der Waals surface area (Å²) in [4.78, 5) is 2.81. The normalized spacial score (nSPS) is 18.4. The molecule has 1 aliphatic heterocycles. The van der Waals surface area contributed by atoms with E-state index in [1.165, 1.54) is 19.3 Å². The van der Waals surface area contributed by atoms with Crippen molar-refractivity contribution in [2.45, 2.75) is 57.9 Å². The molecule has 1 unspecified atom stereocenters. The molecule has 124 valence electrons. The van der Waals surface area contributed by atoms with Crippen LogP contribution in [0.25, 0.3) is 0 Å². The van der Waals surface area contributed by atoms with E-state index < -0.39 is 10.0 Å². The summed E-state index contributed by atoms with van der Waals surface area (Å²) in [5, 5.41) is 0. The van der Waals surface area contributed by atoms with Crippen LogP contribution in [0.5, 0.6) is 0 Å². The highest BCUT2D eigenvalue weighted by Crippen LogP contribution is 2.21. The van der Waals surface area contributed by atoms with Gasteiger partial charge in [-0.3, -0.25) is 4.90 Å². The summed E-state index contributed by atoms with van der Waals surface area (Å²) < 4.78 is 28.1. The van der Waals surface area contributed by atoms with E-state index in [1.807, 2.05) is 32.9 Å². The fourth-order valence-electron chi connectivity index (χ4n) is 3.38. The van der Waals surface area contributed by atoms with Crippen LogP contribution in [0.2, 0.25) is 0 Å². The van der Waals surface area contributed by atoms with Crippen molar-refractivity contribution in [2.75, 3.05) is 19.6 Å². The van der Waals surface area contributed by atoms with Gasteiger partial charge in [-0.15, -0.1) is 0 Å². The smallest absolute Gasteiger partial charge is 0.241 e. The third-order valence-corrected chi connectivity index (χ3v) is 6.18. The van der Waals surface area contributed by atoms with Crippen molar-refractivity contribution >= 4 is 10.0 Å². The van der Waals surface area contributed by atoms with Crippen LogP contribution in [0.3, 0.4) is 0 Å². The summed E-state index contributed by atoms with van der Waals surface area (Å²) in [5.74, 6) is 0. The van der Waals surface area contributed by atoms with Crippen molar-refractivity contribution in [1.29, 1.82) is 0 Å². The SMILES string of the molecule is Cc1cc(C)c(S(=O)(=O)NCC(C)N2CCCCC2)c(C)c1. The molecule has 1 fully saturated rings. The Balaban J connectivity index is 2.08. The van der Waals surface area contributed by atoms with Gasteiger partial charge in [0.2, 0.25) is 10.0 Å². The molecule has 0 radical (unpaired) electrons. The quantitative estimate of drug-likeness (QED) is 0.906. The number of hydrogen-bond acceptors (Lipinski definition) is 3. The van der Waals surface area contributed by atoms with E-state index in [-0.39, 0.29) is 6.04 Å². The Hall–Kier alpha value is -0.910. The zero-order chi connectivity index (χ0) is 16.3. The number of aryl methyl sites for hydroxylation is 3. The van der Waals surface area contributed by atoms with Gasteiger partial charge < -0.3 is 0 Å². The van der Waals surface area contributed by atoms with Gasteiger partial charge >= 0.3 is 0 Å². The van der Waals surface area contributed by atoms with Gasteiger partial charge in [0.15, 0.2) is 0 Å². The van der Waals surface area contributed by atoms with Crippen LogP contribution < -0.4 is 4.72 Å². The minimum Gasteiger partial charge on any atom is -0.299 e. The molecule has 0 aromatic heterocycles. The maximum Gasteiger partial charge on any atom is 0.241 e. The average molecular weight is 324 g/mol. The molecule has 0 amide bonds. The van der Waals surface area contributed by atoms with Crippen molar-refractivity contribution in [3.8, 4) is 0 Å². The predicted octanol–water partition coefficient (Wildman–Crippen LogP) is 2.76. The standard InChI is InChI=1S/C17H28N2O2S/c1-13-10-14(2)17(15(3)11-13)22(20,21)18-12-16(4)19-8-6-5-7-9-19/h10-11,16,18H,5-9,12H2,1-4H3. The Morgan fingerprint density at radius 3 is 2.18 bits per heavy atom. The second-order valence-corrected chi connectivity index (χ2v) is 8.23. The minimum atomic E-state index is -3.45. The van der Waals surface area contributed by atoms with Crippen molar-refractivity contribution in [3.63, 3.8) is 0 Å². The maximum atomic E-state index is 12.6. The highest BCUT2D eigenvalue weighted by molar-refractivity contribution is 7.89. The van der Waals surface area contributed by atoms with Gasteiger partial charge in [-0.05, 0) is 64.8 Å².